The molecule has 27 heavy (non-hydrogen) atoms. The van der Waals surface area contributed by atoms with Crippen molar-refractivity contribution >= 4 is 28.9 Å². The van der Waals surface area contributed by atoms with Gasteiger partial charge in [0.1, 0.15) is 12.4 Å². The van der Waals surface area contributed by atoms with Crippen molar-refractivity contribution in [3.05, 3.63) is 46.7 Å². The van der Waals surface area contributed by atoms with E-state index in [1.54, 1.807) is 24.5 Å². The molecule has 0 aliphatic heterocycles. The molecule has 6 nitrogen and oxygen atoms in total. The molecule has 1 aromatic carbocycles. The summed E-state index contributed by atoms with van der Waals surface area (Å²) in [7, 11) is 1.76. The molecule has 0 saturated heterocycles. The zero-order chi connectivity index (χ0) is 19.7. The van der Waals surface area contributed by atoms with Crippen LogP contribution in [0.2, 0.25) is 0 Å². The molecule has 146 valence electrons. The first kappa shape index (κ1) is 20.8. The van der Waals surface area contributed by atoms with Gasteiger partial charge in [0.25, 0.3) is 0 Å². The van der Waals surface area contributed by atoms with Crippen molar-refractivity contribution in [3.63, 3.8) is 0 Å². The number of nitrogens with zero attached hydrogens (tertiary/aromatic N) is 1. The quantitative estimate of drug-likeness (QED) is 0.369. The number of nitrogens with one attached hydrogen (secondary N) is 3. The summed E-state index contributed by atoms with van der Waals surface area (Å²) in [6.07, 6.45) is 0. The molecular formula is C20H28N4O2S. The first-order valence-electron chi connectivity index (χ1n) is 8.89. The van der Waals surface area contributed by atoms with Crippen LogP contribution >= 0.6 is 11.3 Å². The molecule has 1 amide bonds. The van der Waals surface area contributed by atoms with E-state index >= 15 is 0 Å². The number of guanidine groups is 1. The number of rotatable bonds is 8. The van der Waals surface area contributed by atoms with Crippen molar-refractivity contribution in [1.29, 1.82) is 0 Å². The number of hydrogen-bond acceptors (Lipinski definition) is 4. The number of carbonyl (C=O) groups is 1. The van der Waals surface area contributed by atoms with Crippen LogP contribution in [-0.2, 0) is 10.2 Å². The second-order valence-electron chi connectivity index (χ2n) is 6.77. The summed E-state index contributed by atoms with van der Waals surface area (Å²) < 4.78 is 5.73. The van der Waals surface area contributed by atoms with E-state index in [0.29, 0.717) is 18.9 Å². The minimum atomic E-state index is -0.103. The molecule has 0 fully saturated rings. The van der Waals surface area contributed by atoms with E-state index in [-0.39, 0.29) is 11.3 Å². The highest BCUT2D eigenvalue weighted by Gasteiger charge is 2.21. The van der Waals surface area contributed by atoms with Gasteiger partial charge in [-0.2, -0.15) is 0 Å². The maximum atomic E-state index is 11.1. The molecule has 0 aliphatic carbocycles. The molecule has 1 aromatic heterocycles. The van der Waals surface area contributed by atoms with Crippen LogP contribution < -0.4 is 20.7 Å². The second kappa shape index (κ2) is 9.97. The normalized spacial score (nSPS) is 11.8. The third-order valence-electron chi connectivity index (χ3n) is 3.93. The largest absolute Gasteiger partial charge is 0.492 e. The number of carbonyl (C=O) groups excluding carboxylic acids is 1. The first-order chi connectivity index (χ1) is 12.9. The Labute approximate surface area is 165 Å². The average Bonchev–Trinajstić information content (AvgIpc) is 3.16. The van der Waals surface area contributed by atoms with Crippen LogP contribution in [0.1, 0.15) is 25.6 Å². The molecule has 0 bridgehead atoms. The van der Waals surface area contributed by atoms with Gasteiger partial charge >= 0.3 is 0 Å². The second-order valence-corrected chi connectivity index (χ2v) is 7.72. The average molecular weight is 389 g/mol. The van der Waals surface area contributed by atoms with Crippen LogP contribution in [-0.4, -0.2) is 38.6 Å². The fourth-order valence-corrected chi connectivity index (χ4v) is 3.33. The Morgan fingerprint density at radius 2 is 2.04 bits per heavy atom. The van der Waals surface area contributed by atoms with Crippen molar-refractivity contribution < 1.29 is 9.53 Å². The van der Waals surface area contributed by atoms with E-state index in [0.717, 1.165) is 18.2 Å². The third-order valence-corrected chi connectivity index (χ3v) is 5.16. The highest BCUT2D eigenvalue weighted by Crippen LogP contribution is 2.26. The van der Waals surface area contributed by atoms with E-state index in [1.807, 2.05) is 18.2 Å². The van der Waals surface area contributed by atoms with E-state index in [1.165, 1.54) is 11.8 Å². The molecule has 2 aromatic rings. The summed E-state index contributed by atoms with van der Waals surface area (Å²) in [6, 6.07) is 11.6. The maximum absolute atomic E-state index is 11.1. The van der Waals surface area contributed by atoms with Crippen molar-refractivity contribution in [2.75, 3.05) is 32.1 Å². The van der Waals surface area contributed by atoms with Gasteiger partial charge in [0.15, 0.2) is 5.96 Å². The van der Waals surface area contributed by atoms with Crippen LogP contribution in [0.15, 0.2) is 46.8 Å². The first-order valence-corrected chi connectivity index (χ1v) is 9.77. The SMILES string of the molecule is CN=C(NCCOc1cccc(NC(C)=O)c1)NCC(C)(C)c1cccs1. The standard InChI is InChI=1S/C20H28N4O2S/c1-15(25)24-16-7-5-8-17(13-16)26-11-10-22-19(21-4)23-14-20(2,3)18-9-6-12-27-18/h5-9,12-13H,10-11,14H2,1-4H3,(H,24,25)(H2,21,22,23). The lowest BCUT2D eigenvalue weighted by molar-refractivity contribution is -0.114. The van der Waals surface area contributed by atoms with Crippen LogP contribution in [0, 0.1) is 0 Å². The molecule has 7 heteroatoms. The van der Waals surface area contributed by atoms with Gasteiger partial charge in [0, 0.05) is 42.6 Å². The Hall–Kier alpha value is -2.54. The minimum absolute atomic E-state index is 0.0342. The van der Waals surface area contributed by atoms with Crippen LogP contribution in [0.3, 0.4) is 0 Å². The number of amides is 1. The van der Waals surface area contributed by atoms with E-state index in [4.69, 9.17) is 4.74 Å². The Morgan fingerprint density at radius 3 is 2.70 bits per heavy atom. The number of thiophene rings is 1. The fourth-order valence-electron chi connectivity index (χ4n) is 2.48. The minimum Gasteiger partial charge on any atom is -0.492 e. The Bertz CT molecular complexity index is 757. The highest BCUT2D eigenvalue weighted by molar-refractivity contribution is 7.10. The van der Waals surface area contributed by atoms with Crippen molar-refractivity contribution in [2.24, 2.45) is 4.99 Å². The fraction of sp³-hybridized carbons (Fsp3) is 0.400. The van der Waals surface area contributed by atoms with Gasteiger partial charge in [-0.05, 0) is 23.6 Å². The summed E-state index contributed by atoms with van der Waals surface area (Å²) in [5.41, 5.74) is 0.758. The topological polar surface area (TPSA) is 74.8 Å². The molecule has 0 atom stereocenters. The van der Waals surface area contributed by atoms with Crippen molar-refractivity contribution in [2.45, 2.75) is 26.2 Å². The molecule has 3 N–H and O–H groups in total. The zero-order valence-corrected chi connectivity index (χ0v) is 17.2. The molecule has 0 unspecified atom stereocenters. The lowest BCUT2D eigenvalue weighted by Crippen LogP contribution is -2.44. The Balaban J connectivity index is 1.74. The monoisotopic (exact) mass is 388 g/mol. The number of benzene rings is 1. The lowest BCUT2D eigenvalue weighted by Gasteiger charge is -2.25. The number of hydrogen-bond donors (Lipinski definition) is 3. The van der Waals surface area contributed by atoms with E-state index in [2.05, 4.69) is 52.3 Å². The molecular weight excluding hydrogens is 360 g/mol. The molecule has 0 aliphatic rings. The van der Waals surface area contributed by atoms with Gasteiger partial charge in [-0.25, -0.2) is 0 Å². The van der Waals surface area contributed by atoms with Crippen molar-refractivity contribution in [3.8, 4) is 5.75 Å². The molecule has 1 heterocycles. The molecule has 0 radical (unpaired) electrons. The van der Waals surface area contributed by atoms with Gasteiger partial charge < -0.3 is 20.7 Å². The van der Waals surface area contributed by atoms with Crippen LogP contribution in [0.5, 0.6) is 5.75 Å². The van der Waals surface area contributed by atoms with Gasteiger partial charge in [-0.15, -0.1) is 11.3 Å². The predicted octanol–water partition coefficient (Wildman–Crippen LogP) is 3.23. The number of anilines is 1. The summed E-state index contributed by atoms with van der Waals surface area (Å²) in [5.74, 6) is 1.36. The Morgan fingerprint density at radius 1 is 1.22 bits per heavy atom. The summed E-state index contributed by atoms with van der Waals surface area (Å²) in [6.45, 7) is 7.79. The maximum Gasteiger partial charge on any atom is 0.221 e. The van der Waals surface area contributed by atoms with Gasteiger partial charge in [-0.1, -0.05) is 26.0 Å². The van der Waals surface area contributed by atoms with Crippen molar-refractivity contribution in [1.82, 2.24) is 10.6 Å². The van der Waals surface area contributed by atoms with Gasteiger partial charge in [0.05, 0.1) is 6.54 Å². The molecule has 0 spiro atoms. The third kappa shape index (κ3) is 6.94. The summed E-state index contributed by atoms with van der Waals surface area (Å²) >= 11 is 1.77. The highest BCUT2D eigenvalue weighted by atomic mass is 32.1. The Kier molecular flexibility index (Phi) is 7.67. The van der Waals surface area contributed by atoms with E-state index < -0.39 is 0 Å². The lowest BCUT2D eigenvalue weighted by atomic mass is 9.91. The zero-order valence-electron chi connectivity index (χ0n) is 16.3. The smallest absolute Gasteiger partial charge is 0.221 e. The van der Waals surface area contributed by atoms with E-state index in [9.17, 15) is 4.79 Å². The molecule has 2 rings (SSSR count). The summed E-state index contributed by atoms with van der Waals surface area (Å²) in [5, 5.41) is 11.5. The summed E-state index contributed by atoms with van der Waals surface area (Å²) in [4.78, 5) is 16.7. The van der Waals surface area contributed by atoms with Gasteiger partial charge in [-0.3, -0.25) is 9.79 Å². The van der Waals surface area contributed by atoms with Crippen LogP contribution in [0.4, 0.5) is 5.69 Å². The predicted molar refractivity (Wildman–Crippen MR) is 113 cm³/mol. The number of aliphatic imine (C=N–C) groups is 1. The molecule has 0 saturated carbocycles. The van der Waals surface area contributed by atoms with Gasteiger partial charge in [0.2, 0.25) is 5.91 Å². The number of ether oxygens (including phenoxy) is 1. The van der Waals surface area contributed by atoms with Crippen LogP contribution in [0.25, 0.3) is 0 Å².